The highest BCUT2D eigenvalue weighted by atomic mass is 32.2. The van der Waals surface area contributed by atoms with Crippen LogP contribution < -0.4 is 5.43 Å². The Kier molecular flexibility index (Phi) is 5.77. The molecule has 0 unspecified atom stereocenters. The first-order valence-corrected chi connectivity index (χ1v) is 8.18. The zero-order valence-electron chi connectivity index (χ0n) is 11.8. The summed E-state index contributed by atoms with van der Waals surface area (Å²) in [6.45, 7) is 2.44. The van der Waals surface area contributed by atoms with Crippen molar-refractivity contribution < 1.29 is 14.6 Å². The van der Waals surface area contributed by atoms with Gasteiger partial charge in [0, 0.05) is 7.11 Å². The molecule has 0 radical (unpaired) electrons. The van der Waals surface area contributed by atoms with Crippen LogP contribution in [0.4, 0.5) is 0 Å². The molecule has 0 aromatic carbocycles. The Morgan fingerprint density at radius 2 is 2.48 bits per heavy atom. The molecular weight excluding hydrogens is 310 g/mol. The highest BCUT2D eigenvalue weighted by Gasteiger charge is 2.28. The number of aliphatic carboxylic acids is 1. The number of ether oxygens (including phenoxy) is 1. The minimum absolute atomic E-state index is 0.00559. The fourth-order valence-corrected chi connectivity index (χ4v) is 3.84. The Balaban J connectivity index is 2.18. The van der Waals surface area contributed by atoms with Crippen LogP contribution in [0.1, 0.15) is 18.2 Å². The molecule has 0 saturated carbocycles. The van der Waals surface area contributed by atoms with Gasteiger partial charge >= 0.3 is 5.97 Å². The molecular formula is C13H17N3O3S2. The molecule has 2 N–H and O–H groups in total. The number of hydrogen-bond donors (Lipinski definition) is 2. The Hall–Kier alpha value is -1.38. The lowest BCUT2D eigenvalue weighted by Gasteiger charge is -2.23. The molecule has 0 fully saturated rings. The van der Waals surface area contributed by atoms with Gasteiger partial charge in [-0.3, -0.25) is 15.2 Å². The largest absolute Gasteiger partial charge is 0.481 e. The van der Waals surface area contributed by atoms with Crippen molar-refractivity contribution in [2.45, 2.75) is 24.6 Å². The van der Waals surface area contributed by atoms with Crippen molar-refractivity contribution >= 4 is 39.9 Å². The molecule has 1 aliphatic rings. The van der Waals surface area contributed by atoms with Crippen molar-refractivity contribution in [3.05, 3.63) is 22.4 Å². The number of amidine groups is 1. The van der Waals surface area contributed by atoms with Crippen LogP contribution in [-0.4, -0.2) is 47.0 Å². The summed E-state index contributed by atoms with van der Waals surface area (Å²) in [5.41, 5.74) is 3.67. The molecule has 0 aliphatic carbocycles. The van der Waals surface area contributed by atoms with Crippen molar-refractivity contribution in [3.8, 4) is 0 Å². The number of carboxylic acid groups (broad SMARTS) is 1. The third kappa shape index (κ3) is 4.55. The van der Waals surface area contributed by atoms with Crippen LogP contribution in [0.5, 0.6) is 0 Å². The molecule has 0 bridgehead atoms. The lowest BCUT2D eigenvalue weighted by molar-refractivity contribution is -0.136. The van der Waals surface area contributed by atoms with E-state index in [4.69, 9.17) is 9.84 Å². The first-order valence-electron chi connectivity index (χ1n) is 6.42. The van der Waals surface area contributed by atoms with E-state index in [1.54, 1.807) is 18.4 Å². The molecule has 1 aliphatic heterocycles. The number of carboxylic acids is 1. The summed E-state index contributed by atoms with van der Waals surface area (Å²) >= 11 is 2.95. The predicted molar refractivity (Wildman–Crippen MR) is 86.4 cm³/mol. The lowest BCUT2D eigenvalue weighted by atomic mass is 10.1. The van der Waals surface area contributed by atoms with Crippen molar-refractivity contribution in [1.29, 1.82) is 0 Å². The topological polar surface area (TPSA) is 83.3 Å². The van der Waals surface area contributed by atoms with E-state index >= 15 is 0 Å². The summed E-state index contributed by atoms with van der Waals surface area (Å²) in [4.78, 5) is 16.5. The molecule has 21 heavy (non-hydrogen) atoms. The first kappa shape index (κ1) is 16.0. The maximum Gasteiger partial charge on any atom is 0.304 e. The van der Waals surface area contributed by atoms with Crippen molar-refractivity contribution in [3.63, 3.8) is 0 Å². The van der Waals surface area contributed by atoms with E-state index in [9.17, 15) is 4.79 Å². The molecule has 0 spiro atoms. The van der Waals surface area contributed by atoms with Crippen LogP contribution in [0.3, 0.4) is 0 Å². The van der Waals surface area contributed by atoms with Crippen molar-refractivity contribution in [2.24, 2.45) is 10.1 Å². The number of hydrazone groups is 1. The molecule has 2 heterocycles. The first-order chi connectivity index (χ1) is 10.1. The Labute approximate surface area is 131 Å². The number of nitrogens with one attached hydrogen (secondary N) is 1. The van der Waals surface area contributed by atoms with Crippen molar-refractivity contribution in [1.82, 2.24) is 5.43 Å². The summed E-state index contributed by atoms with van der Waals surface area (Å²) < 4.78 is 5.04. The summed E-state index contributed by atoms with van der Waals surface area (Å²) in [5, 5.41) is 15.8. The van der Waals surface area contributed by atoms with E-state index < -0.39 is 5.97 Å². The van der Waals surface area contributed by atoms with Crippen LogP contribution in [0.25, 0.3) is 0 Å². The van der Waals surface area contributed by atoms with E-state index in [1.807, 2.05) is 24.4 Å². The molecule has 114 valence electrons. The maximum absolute atomic E-state index is 11.1. The summed E-state index contributed by atoms with van der Waals surface area (Å²) in [7, 11) is 1.62. The van der Waals surface area contributed by atoms with E-state index in [-0.39, 0.29) is 17.7 Å². The van der Waals surface area contributed by atoms with Gasteiger partial charge in [0.15, 0.2) is 5.17 Å². The van der Waals surface area contributed by atoms with Gasteiger partial charge in [0.2, 0.25) is 0 Å². The third-order valence-electron chi connectivity index (χ3n) is 2.71. The summed E-state index contributed by atoms with van der Waals surface area (Å²) in [5.74, 6) is -0.844. The highest BCUT2D eigenvalue weighted by molar-refractivity contribution is 8.15. The second-order valence-corrected chi connectivity index (χ2v) is 6.67. The van der Waals surface area contributed by atoms with Gasteiger partial charge in [-0.05, 0) is 18.4 Å². The van der Waals surface area contributed by atoms with Crippen LogP contribution in [-0.2, 0) is 9.53 Å². The average molecular weight is 327 g/mol. The average Bonchev–Trinajstić information content (AvgIpc) is 2.92. The van der Waals surface area contributed by atoms with Crippen LogP contribution in [0.15, 0.2) is 27.6 Å². The van der Waals surface area contributed by atoms with E-state index in [1.165, 1.54) is 11.8 Å². The number of thioether (sulfide) groups is 1. The van der Waals surface area contributed by atoms with Crippen LogP contribution in [0.2, 0.25) is 0 Å². The minimum Gasteiger partial charge on any atom is -0.481 e. The molecule has 1 aromatic heterocycles. The van der Waals surface area contributed by atoms with E-state index in [0.717, 1.165) is 10.6 Å². The molecule has 1 aromatic rings. The Morgan fingerprint density at radius 1 is 1.67 bits per heavy atom. The van der Waals surface area contributed by atoms with Gasteiger partial charge in [0.05, 0.1) is 34.9 Å². The SMILES string of the molecule is COC[C@@H](C)N=C1NN=C(c2cccs2)[C@@H](CC(=O)O)S1. The second-order valence-electron chi connectivity index (χ2n) is 4.53. The van der Waals surface area contributed by atoms with Gasteiger partial charge in [-0.1, -0.05) is 17.8 Å². The summed E-state index contributed by atoms with van der Waals surface area (Å²) in [6.07, 6.45) is 0.0146. The predicted octanol–water partition coefficient (Wildman–Crippen LogP) is 2.02. The normalized spacial score (nSPS) is 21.7. The fraction of sp³-hybridized carbons (Fsp3) is 0.462. The lowest BCUT2D eigenvalue weighted by Crippen LogP contribution is -2.34. The van der Waals surface area contributed by atoms with Gasteiger partial charge in [-0.2, -0.15) is 5.10 Å². The van der Waals surface area contributed by atoms with Crippen molar-refractivity contribution in [2.75, 3.05) is 13.7 Å². The monoisotopic (exact) mass is 327 g/mol. The standard InChI is InChI=1S/C13H17N3O3S2/c1-8(7-19-2)14-13-16-15-12(9-4-3-5-20-9)10(21-13)6-11(17)18/h3-5,8,10H,6-7H2,1-2H3,(H,14,16)(H,17,18)/t8-,10-/m1/s1. The van der Waals surface area contributed by atoms with E-state index in [2.05, 4.69) is 15.5 Å². The summed E-state index contributed by atoms with van der Waals surface area (Å²) in [6, 6.07) is 3.86. The zero-order valence-corrected chi connectivity index (χ0v) is 13.4. The van der Waals surface area contributed by atoms with Gasteiger partial charge in [0.25, 0.3) is 0 Å². The molecule has 0 amide bonds. The number of methoxy groups -OCH3 is 1. The Morgan fingerprint density at radius 3 is 3.10 bits per heavy atom. The van der Waals surface area contributed by atoms with Gasteiger partial charge in [-0.15, -0.1) is 11.3 Å². The second kappa shape index (κ2) is 7.58. The molecule has 8 heteroatoms. The highest BCUT2D eigenvalue weighted by Crippen LogP contribution is 2.27. The van der Waals surface area contributed by atoms with Gasteiger partial charge in [0.1, 0.15) is 0 Å². The molecule has 6 nitrogen and oxygen atoms in total. The number of nitrogens with zero attached hydrogens (tertiary/aromatic N) is 2. The van der Waals surface area contributed by atoms with Crippen LogP contribution >= 0.6 is 23.1 Å². The maximum atomic E-state index is 11.1. The van der Waals surface area contributed by atoms with Gasteiger partial charge in [-0.25, -0.2) is 0 Å². The Bertz CT molecular complexity index is 543. The van der Waals surface area contributed by atoms with Crippen LogP contribution in [0, 0.1) is 0 Å². The number of aliphatic imine (C=N–C) groups is 1. The molecule has 2 rings (SSSR count). The quantitative estimate of drug-likeness (QED) is 0.835. The number of thiophene rings is 1. The fourth-order valence-electron chi connectivity index (χ4n) is 1.87. The number of hydrogen-bond acceptors (Lipinski definition) is 6. The molecule has 0 saturated heterocycles. The molecule has 2 atom stereocenters. The number of rotatable bonds is 6. The number of carbonyl (C=O) groups is 1. The van der Waals surface area contributed by atoms with Gasteiger partial charge < -0.3 is 9.84 Å². The third-order valence-corrected chi connectivity index (χ3v) is 4.70. The minimum atomic E-state index is -0.844. The smallest absolute Gasteiger partial charge is 0.304 e. The van der Waals surface area contributed by atoms with E-state index in [0.29, 0.717) is 11.8 Å². The zero-order chi connectivity index (χ0) is 15.2.